The fraction of sp³-hybridized carbons (Fsp3) is 0.167. The van der Waals surface area contributed by atoms with E-state index in [1.807, 2.05) is 6.92 Å². The molecule has 9 heteroatoms. The van der Waals surface area contributed by atoms with Crippen LogP contribution in [0.15, 0.2) is 35.7 Å². The van der Waals surface area contributed by atoms with Crippen molar-refractivity contribution in [3.05, 3.63) is 30.7 Å². The quantitative estimate of drug-likeness (QED) is 0.714. The van der Waals surface area contributed by atoms with Crippen molar-refractivity contribution >= 4 is 42.4 Å². The summed E-state index contributed by atoms with van der Waals surface area (Å²) in [6, 6.07) is 5.24. The van der Waals surface area contributed by atoms with E-state index in [9.17, 15) is 8.42 Å². The van der Waals surface area contributed by atoms with Crippen LogP contribution in [0.4, 0.5) is 10.8 Å². The first-order valence-corrected chi connectivity index (χ1v) is 8.48. The minimum Gasteiger partial charge on any atom is -0.399 e. The van der Waals surface area contributed by atoms with E-state index in [0.29, 0.717) is 22.9 Å². The summed E-state index contributed by atoms with van der Waals surface area (Å²) in [6.07, 6.45) is 2.96. The van der Waals surface area contributed by atoms with Crippen LogP contribution in [-0.4, -0.2) is 23.0 Å². The zero-order valence-corrected chi connectivity index (χ0v) is 12.8. The fourth-order valence-corrected chi connectivity index (χ4v) is 3.90. The van der Waals surface area contributed by atoms with Gasteiger partial charge < -0.3 is 10.3 Å². The Bertz CT molecular complexity index is 897. The second kappa shape index (κ2) is 5.01. The molecule has 0 amide bonds. The number of aryl methyl sites for hydroxylation is 1. The summed E-state index contributed by atoms with van der Waals surface area (Å²) in [5.74, 6) is 0. The number of benzene rings is 1. The minimum atomic E-state index is -3.73. The molecule has 1 aromatic carbocycles. The fourth-order valence-electron chi connectivity index (χ4n) is 1.80. The van der Waals surface area contributed by atoms with Crippen LogP contribution < -0.4 is 10.5 Å². The van der Waals surface area contributed by atoms with Gasteiger partial charge in [0.15, 0.2) is 10.2 Å². The Kier molecular flexibility index (Phi) is 3.30. The number of hydrogen-bond acceptors (Lipinski definition) is 6. The third-order valence-electron chi connectivity index (χ3n) is 2.88. The zero-order chi connectivity index (χ0) is 15.0. The Hall–Kier alpha value is -2.13. The maximum atomic E-state index is 12.2. The molecule has 0 fully saturated rings. The molecule has 0 aliphatic carbocycles. The van der Waals surface area contributed by atoms with Gasteiger partial charge in [-0.15, -0.1) is 0 Å². The lowest BCUT2D eigenvalue weighted by Gasteiger charge is -2.00. The summed E-state index contributed by atoms with van der Waals surface area (Å²) in [7, 11) is -3.73. The number of nitrogens with one attached hydrogen (secondary N) is 1. The van der Waals surface area contributed by atoms with Crippen LogP contribution in [0.3, 0.4) is 0 Å². The zero-order valence-electron chi connectivity index (χ0n) is 11.1. The number of sulfonamides is 1. The van der Waals surface area contributed by atoms with Gasteiger partial charge in [-0.2, -0.15) is 8.42 Å². The van der Waals surface area contributed by atoms with E-state index < -0.39 is 10.0 Å². The van der Waals surface area contributed by atoms with Crippen molar-refractivity contribution in [3.63, 3.8) is 0 Å². The topological polar surface area (TPSA) is 103 Å². The number of anilines is 2. The molecule has 110 valence electrons. The first-order chi connectivity index (χ1) is 9.98. The maximum Gasteiger partial charge on any atom is 0.282 e. The highest BCUT2D eigenvalue weighted by molar-refractivity contribution is 7.92. The first kappa shape index (κ1) is 13.8. The van der Waals surface area contributed by atoms with Gasteiger partial charge in [-0.05, 0) is 25.1 Å². The Morgan fingerprint density at radius 2 is 2.24 bits per heavy atom. The lowest BCUT2D eigenvalue weighted by Crippen LogP contribution is -2.13. The summed E-state index contributed by atoms with van der Waals surface area (Å²) in [6.45, 7) is 2.56. The van der Waals surface area contributed by atoms with Gasteiger partial charge in [0.25, 0.3) is 10.0 Å². The summed E-state index contributed by atoms with van der Waals surface area (Å²) < 4.78 is 29.4. The van der Waals surface area contributed by atoms with Crippen LogP contribution in [-0.2, 0) is 16.6 Å². The summed E-state index contributed by atoms with van der Waals surface area (Å²) in [5, 5.41) is 0.268. The highest BCUT2D eigenvalue weighted by Crippen LogP contribution is 2.28. The number of imidazole rings is 1. The number of rotatable bonds is 4. The molecule has 2 heterocycles. The predicted octanol–water partition coefficient (Wildman–Crippen LogP) is 1.90. The van der Waals surface area contributed by atoms with E-state index in [1.165, 1.54) is 23.9 Å². The monoisotopic (exact) mass is 323 g/mol. The Morgan fingerprint density at radius 1 is 1.43 bits per heavy atom. The third kappa shape index (κ3) is 2.69. The van der Waals surface area contributed by atoms with Crippen LogP contribution in [0.5, 0.6) is 0 Å². The molecule has 0 atom stereocenters. The molecule has 0 saturated heterocycles. The maximum absolute atomic E-state index is 12.2. The van der Waals surface area contributed by atoms with E-state index >= 15 is 0 Å². The van der Waals surface area contributed by atoms with Crippen molar-refractivity contribution in [2.45, 2.75) is 18.5 Å². The average molecular weight is 323 g/mol. The molecule has 0 aliphatic rings. The van der Waals surface area contributed by atoms with Gasteiger partial charge >= 0.3 is 0 Å². The largest absolute Gasteiger partial charge is 0.399 e. The summed E-state index contributed by atoms with van der Waals surface area (Å²) >= 11 is 1.23. The lowest BCUT2D eigenvalue weighted by molar-refractivity contribution is 0.598. The molecule has 0 unspecified atom stereocenters. The number of fused-ring (bicyclic) bond motifs is 1. The van der Waals surface area contributed by atoms with Crippen molar-refractivity contribution in [2.24, 2.45) is 0 Å². The van der Waals surface area contributed by atoms with Crippen molar-refractivity contribution in [3.8, 4) is 0 Å². The standard InChI is InChI=1S/C12H13N5O2S2/c1-2-17-6-11(14-7-17)21(18,19)16-12-15-9-4-3-8(13)5-10(9)20-12/h3-7H,2,13H2,1H3,(H,15,16). The van der Waals surface area contributed by atoms with Gasteiger partial charge in [0.2, 0.25) is 0 Å². The number of hydrogen-bond donors (Lipinski definition) is 2. The number of nitrogens with zero attached hydrogens (tertiary/aromatic N) is 3. The average Bonchev–Trinajstić information content (AvgIpc) is 3.03. The van der Waals surface area contributed by atoms with E-state index in [4.69, 9.17) is 5.73 Å². The molecule has 3 N–H and O–H groups in total. The molecule has 3 aromatic rings. The highest BCUT2D eigenvalue weighted by Gasteiger charge is 2.19. The summed E-state index contributed by atoms with van der Waals surface area (Å²) in [4.78, 5) is 8.12. The third-order valence-corrected chi connectivity index (χ3v) is 5.17. The van der Waals surface area contributed by atoms with Crippen LogP contribution in [0.1, 0.15) is 6.92 Å². The normalized spacial score (nSPS) is 11.9. The van der Waals surface area contributed by atoms with Gasteiger partial charge in [0, 0.05) is 18.4 Å². The number of nitrogen functional groups attached to an aromatic ring is 1. The van der Waals surface area contributed by atoms with Crippen molar-refractivity contribution in [1.29, 1.82) is 0 Å². The molecule has 0 spiro atoms. The van der Waals surface area contributed by atoms with Gasteiger partial charge in [0.1, 0.15) is 0 Å². The molecule has 2 aromatic heterocycles. The Balaban J connectivity index is 1.93. The molecule has 0 radical (unpaired) electrons. The first-order valence-electron chi connectivity index (χ1n) is 6.18. The molecule has 7 nitrogen and oxygen atoms in total. The van der Waals surface area contributed by atoms with Crippen molar-refractivity contribution in [2.75, 3.05) is 10.5 Å². The molecular formula is C12H13N5O2S2. The molecule has 21 heavy (non-hydrogen) atoms. The SMILES string of the molecule is CCn1cnc(S(=O)(=O)Nc2nc3ccc(N)cc3s2)c1. The molecule has 0 saturated carbocycles. The van der Waals surface area contributed by atoms with Crippen LogP contribution in [0.25, 0.3) is 10.2 Å². The van der Waals surface area contributed by atoms with Gasteiger partial charge in [-0.3, -0.25) is 4.72 Å². The van der Waals surface area contributed by atoms with Crippen LogP contribution in [0.2, 0.25) is 0 Å². The van der Waals surface area contributed by atoms with Crippen LogP contribution in [0, 0.1) is 0 Å². The summed E-state index contributed by atoms with van der Waals surface area (Å²) in [5.41, 5.74) is 7.01. The van der Waals surface area contributed by atoms with Gasteiger partial charge in [-0.1, -0.05) is 11.3 Å². The Morgan fingerprint density at radius 3 is 2.95 bits per heavy atom. The number of aromatic nitrogens is 3. The van der Waals surface area contributed by atoms with Crippen molar-refractivity contribution < 1.29 is 8.42 Å². The molecular weight excluding hydrogens is 310 g/mol. The molecule has 0 bridgehead atoms. The van der Waals surface area contributed by atoms with Crippen molar-refractivity contribution in [1.82, 2.24) is 14.5 Å². The number of thiazole rings is 1. The van der Waals surface area contributed by atoms with E-state index in [2.05, 4.69) is 14.7 Å². The molecule has 0 aliphatic heterocycles. The second-order valence-corrected chi connectivity index (χ2v) is 7.05. The van der Waals surface area contributed by atoms with E-state index in [1.54, 1.807) is 22.8 Å². The van der Waals surface area contributed by atoms with Gasteiger partial charge in [-0.25, -0.2) is 9.97 Å². The van der Waals surface area contributed by atoms with Gasteiger partial charge in [0.05, 0.1) is 16.5 Å². The Labute approximate surface area is 125 Å². The van der Waals surface area contributed by atoms with E-state index in [-0.39, 0.29) is 5.03 Å². The lowest BCUT2D eigenvalue weighted by atomic mass is 10.3. The minimum absolute atomic E-state index is 0.0249. The highest BCUT2D eigenvalue weighted by atomic mass is 32.2. The second-order valence-electron chi connectivity index (χ2n) is 4.39. The predicted molar refractivity (Wildman–Crippen MR) is 82.7 cm³/mol. The molecule has 3 rings (SSSR count). The van der Waals surface area contributed by atoms with E-state index in [0.717, 1.165) is 4.70 Å². The number of nitrogens with two attached hydrogens (primary N) is 1. The van der Waals surface area contributed by atoms with Crippen LogP contribution >= 0.6 is 11.3 Å². The smallest absolute Gasteiger partial charge is 0.282 e.